The molecular weight excluding hydrogens is 319 g/mol. The van der Waals surface area contributed by atoms with Crippen LogP contribution in [0.5, 0.6) is 11.5 Å². The van der Waals surface area contributed by atoms with Crippen molar-refractivity contribution in [2.24, 2.45) is 5.92 Å². The molecule has 1 rings (SSSR count). The number of phosphoric acid groups is 1. The Kier molecular flexibility index (Phi) is 5.70. The van der Waals surface area contributed by atoms with Gasteiger partial charge in [0.25, 0.3) is 0 Å². The monoisotopic (exact) mass is 344 g/mol. The number of phenolic OH excluding ortho intramolecular Hbond substituents is 2. The smallest absolute Gasteiger partial charge is 0.469 e. The highest BCUT2D eigenvalue weighted by Gasteiger charge is 2.33. The van der Waals surface area contributed by atoms with Crippen molar-refractivity contribution < 1.29 is 29.1 Å². The van der Waals surface area contributed by atoms with Crippen molar-refractivity contribution in [3.05, 3.63) is 21.6 Å². The Morgan fingerprint density at radius 2 is 1.70 bits per heavy atom. The van der Waals surface area contributed by atoms with Gasteiger partial charge in [0.15, 0.2) is 0 Å². The van der Waals surface area contributed by atoms with E-state index < -0.39 is 13.2 Å². The summed E-state index contributed by atoms with van der Waals surface area (Å²) >= 11 is 0. The molecule has 0 aliphatic heterocycles. The molecule has 4 N–H and O–H groups in total. The van der Waals surface area contributed by atoms with Gasteiger partial charge in [0.05, 0.1) is 6.61 Å². The first kappa shape index (κ1) is 19.7. The first-order chi connectivity index (χ1) is 10.3. The largest absolute Gasteiger partial charge is 0.507 e. The summed E-state index contributed by atoms with van der Waals surface area (Å²) in [7, 11) is -4.50. The number of hydrogen-bond donors (Lipinski definition) is 4. The van der Waals surface area contributed by atoms with E-state index in [9.17, 15) is 14.8 Å². The minimum Gasteiger partial charge on any atom is -0.507 e. The Hall–Kier alpha value is -1.33. The van der Waals surface area contributed by atoms with Crippen molar-refractivity contribution in [2.75, 3.05) is 6.61 Å². The van der Waals surface area contributed by atoms with E-state index >= 15 is 0 Å². The lowest BCUT2D eigenvalue weighted by Gasteiger charge is -2.34. The Labute approximate surface area is 136 Å². The second-order valence-corrected chi connectivity index (χ2v) is 7.63. The van der Waals surface area contributed by atoms with Crippen LogP contribution < -0.4 is 10.4 Å². The van der Waals surface area contributed by atoms with E-state index in [2.05, 4.69) is 17.7 Å². The second-order valence-electron chi connectivity index (χ2n) is 6.39. The van der Waals surface area contributed by atoms with Gasteiger partial charge in [-0.15, -0.1) is 0 Å². The molecule has 0 saturated carbocycles. The van der Waals surface area contributed by atoms with Crippen LogP contribution >= 0.6 is 7.82 Å². The van der Waals surface area contributed by atoms with Gasteiger partial charge in [-0.1, -0.05) is 33.9 Å². The summed E-state index contributed by atoms with van der Waals surface area (Å²) in [5.41, 5.74) is 0.343. The minimum atomic E-state index is -4.50. The van der Waals surface area contributed by atoms with E-state index in [4.69, 9.17) is 9.79 Å². The average molecular weight is 344 g/mol. The fourth-order valence-corrected chi connectivity index (χ4v) is 2.95. The van der Waals surface area contributed by atoms with E-state index in [1.165, 1.54) is 0 Å². The summed E-state index contributed by atoms with van der Waals surface area (Å²) in [6.07, 6.45) is 0.359. The Bertz CT molecular complexity index is 734. The van der Waals surface area contributed by atoms with E-state index in [0.717, 1.165) is 0 Å². The van der Waals surface area contributed by atoms with Crippen LogP contribution in [0.25, 0.3) is 13.2 Å². The van der Waals surface area contributed by atoms with Crippen LogP contribution in [0.4, 0.5) is 0 Å². The molecule has 6 nitrogen and oxygen atoms in total. The zero-order valence-electron chi connectivity index (χ0n) is 14.0. The number of phosphoric ester groups is 1. The third kappa shape index (κ3) is 4.15. The van der Waals surface area contributed by atoms with Gasteiger partial charge in [-0.25, -0.2) is 4.57 Å². The van der Waals surface area contributed by atoms with Gasteiger partial charge in [0.2, 0.25) is 0 Å². The Balaban J connectivity index is 3.21. The molecule has 1 unspecified atom stereocenters. The standard InChI is InChI=1S/C16H25O6P/c1-9(7-8-22-23(19,20)21)16(5,6)13-12(4)14(17)10(2)11(3)15(13)18/h9,17-18H,3-4,7-8H2,1-2,5-6H3,(H2,19,20,21). The lowest BCUT2D eigenvalue weighted by atomic mass is 9.71. The van der Waals surface area contributed by atoms with Crippen LogP contribution in [0.2, 0.25) is 0 Å². The first-order valence-electron chi connectivity index (χ1n) is 7.23. The van der Waals surface area contributed by atoms with Crippen LogP contribution in [0, 0.1) is 12.8 Å². The normalized spacial score (nSPS) is 14.0. The molecule has 7 heteroatoms. The van der Waals surface area contributed by atoms with Crippen LogP contribution in [-0.4, -0.2) is 26.6 Å². The summed E-state index contributed by atoms with van der Waals surface area (Å²) in [5.74, 6) is -0.130. The zero-order valence-corrected chi connectivity index (χ0v) is 14.9. The number of benzene rings is 1. The van der Waals surface area contributed by atoms with Crippen molar-refractivity contribution in [1.82, 2.24) is 0 Å². The van der Waals surface area contributed by atoms with Crippen molar-refractivity contribution in [3.8, 4) is 11.5 Å². The molecular formula is C16H25O6P. The number of phenols is 2. The highest BCUT2D eigenvalue weighted by Crippen LogP contribution is 2.39. The Morgan fingerprint density at radius 1 is 1.17 bits per heavy atom. The molecule has 0 bridgehead atoms. The molecule has 1 aromatic rings. The molecule has 1 aromatic carbocycles. The molecule has 1 atom stereocenters. The van der Waals surface area contributed by atoms with Crippen molar-refractivity contribution in [1.29, 1.82) is 0 Å². The topological polar surface area (TPSA) is 107 Å². The maximum atomic E-state index is 10.7. The van der Waals surface area contributed by atoms with Gasteiger partial charge in [0.1, 0.15) is 11.5 Å². The summed E-state index contributed by atoms with van der Waals surface area (Å²) in [6, 6.07) is 0. The van der Waals surface area contributed by atoms with Gasteiger partial charge in [0, 0.05) is 21.6 Å². The summed E-state index contributed by atoms with van der Waals surface area (Å²) in [6.45, 7) is 14.8. The number of hydrogen-bond acceptors (Lipinski definition) is 4. The summed E-state index contributed by atoms with van der Waals surface area (Å²) in [4.78, 5) is 17.5. The van der Waals surface area contributed by atoms with E-state index in [1.54, 1.807) is 6.92 Å². The zero-order chi connectivity index (χ0) is 18.2. The third-order valence-electron chi connectivity index (χ3n) is 4.60. The average Bonchev–Trinajstić information content (AvgIpc) is 2.41. The van der Waals surface area contributed by atoms with Gasteiger partial charge >= 0.3 is 7.82 Å². The van der Waals surface area contributed by atoms with Crippen LogP contribution in [0.15, 0.2) is 0 Å². The first-order valence-corrected chi connectivity index (χ1v) is 8.76. The SMILES string of the molecule is C=c1c(C)c(O)c(=C)c(C(C)(C)C(C)CCOP(=O)(O)O)c1O. The van der Waals surface area contributed by atoms with Crippen LogP contribution in [0.3, 0.4) is 0 Å². The molecule has 130 valence electrons. The number of aromatic hydroxyl groups is 2. The van der Waals surface area contributed by atoms with Crippen LogP contribution in [-0.2, 0) is 14.5 Å². The second kappa shape index (κ2) is 6.65. The highest BCUT2D eigenvalue weighted by molar-refractivity contribution is 7.46. The molecule has 0 aromatic heterocycles. The molecule has 0 aliphatic carbocycles. The number of rotatable bonds is 6. The van der Waals surface area contributed by atoms with Gasteiger partial charge in [-0.3, -0.25) is 4.52 Å². The molecule has 23 heavy (non-hydrogen) atoms. The maximum Gasteiger partial charge on any atom is 0.469 e. The molecule has 0 saturated heterocycles. The summed E-state index contributed by atoms with van der Waals surface area (Å²) < 4.78 is 15.2. The van der Waals surface area contributed by atoms with Crippen molar-refractivity contribution in [2.45, 2.75) is 39.5 Å². The van der Waals surface area contributed by atoms with E-state index in [1.807, 2.05) is 20.8 Å². The van der Waals surface area contributed by atoms with Crippen molar-refractivity contribution in [3.63, 3.8) is 0 Å². The molecule has 0 fully saturated rings. The molecule has 0 aliphatic rings. The van der Waals surface area contributed by atoms with Gasteiger partial charge < -0.3 is 20.0 Å². The highest BCUT2D eigenvalue weighted by atomic mass is 31.2. The fourth-order valence-electron chi connectivity index (χ4n) is 2.61. The minimum absolute atomic E-state index is 0.00505. The predicted molar refractivity (Wildman–Crippen MR) is 89.6 cm³/mol. The van der Waals surface area contributed by atoms with Gasteiger partial charge in [-0.2, -0.15) is 0 Å². The molecule has 0 amide bonds. The third-order valence-corrected chi connectivity index (χ3v) is 5.12. The predicted octanol–water partition coefficient (Wildman–Crippen LogP) is 1.64. The van der Waals surface area contributed by atoms with Crippen LogP contribution in [0.1, 0.15) is 38.3 Å². The molecule has 0 spiro atoms. The van der Waals surface area contributed by atoms with Gasteiger partial charge in [-0.05, 0) is 24.7 Å². The fraction of sp³-hybridized carbons (Fsp3) is 0.500. The quantitative estimate of drug-likeness (QED) is 0.462. The molecule has 0 heterocycles. The maximum absolute atomic E-state index is 10.7. The lowest BCUT2D eigenvalue weighted by Crippen LogP contribution is -2.35. The lowest BCUT2D eigenvalue weighted by molar-refractivity contribution is 0.172. The Morgan fingerprint density at radius 3 is 2.17 bits per heavy atom. The molecule has 0 radical (unpaired) electrons. The van der Waals surface area contributed by atoms with E-state index in [0.29, 0.717) is 28.0 Å². The summed E-state index contributed by atoms with van der Waals surface area (Å²) in [5, 5.41) is 21.3. The van der Waals surface area contributed by atoms with E-state index in [-0.39, 0.29) is 24.0 Å². The van der Waals surface area contributed by atoms with Crippen molar-refractivity contribution >= 4 is 21.0 Å².